The molecule has 0 radical (unpaired) electrons. The number of hydrogen-bond acceptors (Lipinski definition) is 7. The molecule has 0 unspecified atom stereocenters. The molecule has 0 spiro atoms. The Bertz CT molecular complexity index is 728. The average Bonchev–Trinajstić information content (AvgIpc) is 2.55. The fourth-order valence-electron chi connectivity index (χ4n) is 1.57. The Morgan fingerprint density at radius 2 is 2.17 bits per heavy atom. The van der Waals surface area contributed by atoms with E-state index in [1.54, 1.807) is 19.1 Å². The molecule has 0 aliphatic carbocycles. The Labute approximate surface area is 147 Å². The fraction of sp³-hybridized carbons (Fsp3) is 0.200. The zero-order chi connectivity index (χ0) is 17.4. The molecule has 0 aliphatic rings. The number of benzene rings is 1. The van der Waals surface area contributed by atoms with Crippen LogP contribution in [0.5, 0.6) is 0 Å². The van der Waals surface area contributed by atoms with Crippen LogP contribution in [0.15, 0.2) is 40.6 Å². The molecule has 0 bridgehead atoms. The third-order valence-electron chi connectivity index (χ3n) is 2.56. The molecule has 1 heterocycles. The molecule has 6 nitrogen and oxygen atoms in total. The largest absolute Gasteiger partial charge is 0.465 e. The Hall–Kier alpha value is -2.19. The van der Waals surface area contributed by atoms with Crippen LogP contribution in [0.3, 0.4) is 0 Å². The first-order valence-corrected chi connectivity index (χ1v) is 8.31. The number of carbonyl (C=O) groups is 1. The highest BCUT2D eigenvalue weighted by Gasteiger charge is 2.08. The van der Waals surface area contributed by atoms with E-state index in [-0.39, 0.29) is 22.7 Å². The van der Waals surface area contributed by atoms with Crippen LogP contribution >= 0.6 is 23.4 Å². The normalized spacial score (nSPS) is 10.8. The Balaban J connectivity index is 1.97. The molecule has 2 rings (SSSR count). The van der Waals surface area contributed by atoms with Crippen molar-refractivity contribution in [3.63, 3.8) is 0 Å². The highest BCUT2D eigenvalue weighted by Crippen LogP contribution is 2.19. The SMILES string of the molecule is CCOC(=O)CSc1nc(Cl)cc(NN=Cc2ccc(F)cc2)n1. The van der Waals surface area contributed by atoms with Gasteiger partial charge in [0.05, 0.1) is 18.6 Å². The molecule has 0 amide bonds. The van der Waals surface area contributed by atoms with Gasteiger partial charge in [0.1, 0.15) is 11.0 Å². The van der Waals surface area contributed by atoms with Gasteiger partial charge >= 0.3 is 5.97 Å². The van der Waals surface area contributed by atoms with Gasteiger partial charge in [0, 0.05) is 6.07 Å². The summed E-state index contributed by atoms with van der Waals surface area (Å²) < 4.78 is 17.6. The number of hydrazone groups is 1. The van der Waals surface area contributed by atoms with Crippen LogP contribution in [-0.4, -0.2) is 34.5 Å². The molecule has 24 heavy (non-hydrogen) atoms. The molecule has 1 aromatic heterocycles. The molecular formula is C15H14ClFN4O2S. The number of ether oxygens (including phenoxy) is 1. The minimum absolute atomic E-state index is 0.0898. The van der Waals surface area contributed by atoms with Crippen LogP contribution in [0, 0.1) is 5.82 Å². The molecule has 0 aliphatic heterocycles. The van der Waals surface area contributed by atoms with Gasteiger partial charge in [0.2, 0.25) is 0 Å². The van der Waals surface area contributed by atoms with Crippen molar-refractivity contribution in [3.8, 4) is 0 Å². The molecule has 0 atom stereocenters. The first kappa shape index (κ1) is 18.2. The first-order valence-electron chi connectivity index (χ1n) is 6.94. The lowest BCUT2D eigenvalue weighted by Gasteiger charge is -2.04. The van der Waals surface area contributed by atoms with Crippen LogP contribution in [0.25, 0.3) is 0 Å². The predicted octanol–water partition coefficient (Wildman–Crippen LogP) is 3.37. The number of nitrogens with zero attached hydrogens (tertiary/aromatic N) is 3. The van der Waals surface area contributed by atoms with E-state index < -0.39 is 0 Å². The van der Waals surface area contributed by atoms with E-state index in [1.807, 2.05) is 0 Å². The number of nitrogens with one attached hydrogen (secondary N) is 1. The van der Waals surface area contributed by atoms with Gasteiger partial charge in [-0.15, -0.1) is 0 Å². The molecule has 2 aromatic rings. The second-order valence-corrected chi connectivity index (χ2v) is 5.70. The van der Waals surface area contributed by atoms with Crippen molar-refractivity contribution < 1.29 is 13.9 Å². The van der Waals surface area contributed by atoms with Gasteiger partial charge in [0.15, 0.2) is 11.0 Å². The second-order valence-electron chi connectivity index (χ2n) is 4.37. The lowest BCUT2D eigenvalue weighted by Crippen LogP contribution is -2.07. The van der Waals surface area contributed by atoms with E-state index in [2.05, 4.69) is 20.5 Å². The number of aromatic nitrogens is 2. The van der Waals surface area contributed by atoms with Crippen molar-refractivity contribution in [2.75, 3.05) is 17.8 Å². The summed E-state index contributed by atoms with van der Waals surface area (Å²) >= 11 is 7.04. The van der Waals surface area contributed by atoms with Crippen LogP contribution < -0.4 is 5.43 Å². The van der Waals surface area contributed by atoms with Crippen molar-refractivity contribution in [1.29, 1.82) is 0 Å². The van der Waals surface area contributed by atoms with Gasteiger partial charge in [-0.05, 0) is 24.6 Å². The van der Waals surface area contributed by atoms with Gasteiger partial charge in [-0.3, -0.25) is 10.2 Å². The number of halogens is 2. The maximum absolute atomic E-state index is 12.8. The van der Waals surface area contributed by atoms with Gasteiger partial charge in [-0.1, -0.05) is 35.5 Å². The van der Waals surface area contributed by atoms with Crippen LogP contribution in [0.4, 0.5) is 10.2 Å². The van der Waals surface area contributed by atoms with Crippen molar-refractivity contribution in [2.45, 2.75) is 12.1 Å². The number of rotatable bonds is 7. The van der Waals surface area contributed by atoms with E-state index in [4.69, 9.17) is 16.3 Å². The Kier molecular flexibility index (Phi) is 6.95. The van der Waals surface area contributed by atoms with E-state index in [0.29, 0.717) is 17.6 Å². The molecule has 0 saturated carbocycles. The standard InChI is InChI=1S/C15H14ClFN4O2S/c1-2-23-14(22)9-24-15-19-12(16)7-13(20-15)21-18-8-10-3-5-11(17)6-4-10/h3-8H,2,9H2,1H3,(H,19,20,21). The summed E-state index contributed by atoms with van der Waals surface area (Å²) in [5, 5.41) is 4.55. The summed E-state index contributed by atoms with van der Waals surface area (Å²) in [6, 6.07) is 7.36. The summed E-state index contributed by atoms with van der Waals surface area (Å²) in [6.45, 7) is 2.06. The molecule has 0 saturated heterocycles. The third-order valence-corrected chi connectivity index (χ3v) is 3.58. The van der Waals surface area contributed by atoms with Gasteiger partial charge in [-0.2, -0.15) is 5.10 Å². The first-order chi connectivity index (χ1) is 11.6. The summed E-state index contributed by atoms with van der Waals surface area (Å²) in [5.74, 6) is -0.201. The van der Waals surface area contributed by atoms with Crippen molar-refractivity contribution in [3.05, 3.63) is 46.9 Å². The lowest BCUT2D eigenvalue weighted by molar-refractivity contribution is -0.139. The topological polar surface area (TPSA) is 76.5 Å². The lowest BCUT2D eigenvalue weighted by atomic mass is 10.2. The molecular weight excluding hydrogens is 355 g/mol. The minimum Gasteiger partial charge on any atom is -0.465 e. The molecule has 1 aromatic carbocycles. The van der Waals surface area contributed by atoms with Gasteiger partial charge < -0.3 is 4.74 Å². The van der Waals surface area contributed by atoms with Gasteiger partial charge in [0.25, 0.3) is 0 Å². The smallest absolute Gasteiger partial charge is 0.316 e. The summed E-state index contributed by atoms with van der Waals surface area (Å²) in [6.07, 6.45) is 1.51. The number of thioether (sulfide) groups is 1. The van der Waals surface area contributed by atoms with E-state index in [9.17, 15) is 9.18 Å². The second kappa shape index (κ2) is 9.19. The molecule has 126 valence electrons. The van der Waals surface area contributed by atoms with Crippen molar-refractivity contribution in [1.82, 2.24) is 9.97 Å². The zero-order valence-corrected chi connectivity index (χ0v) is 14.3. The van der Waals surface area contributed by atoms with Gasteiger partial charge in [-0.25, -0.2) is 14.4 Å². The fourth-order valence-corrected chi connectivity index (χ4v) is 2.46. The number of hydrogen-bond donors (Lipinski definition) is 1. The summed E-state index contributed by atoms with van der Waals surface area (Å²) in [7, 11) is 0. The predicted molar refractivity (Wildman–Crippen MR) is 92.0 cm³/mol. The van der Waals surface area contributed by atoms with Crippen LogP contribution in [0.1, 0.15) is 12.5 Å². The number of anilines is 1. The third kappa shape index (κ3) is 6.13. The molecule has 0 fully saturated rings. The molecule has 1 N–H and O–H groups in total. The Morgan fingerprint density at radius 1 is 1.42 bits per heavy atom. The van der Waals surface area contributed by atoms with E-state index in [1.165, 1.54) is 24.4 Å². The van der Waals surface area contributed by atoms with Crippen LogP contribution in [0.2, 0.25) is 5.15 Å². The summed E-state index contributed by atoms with van der Waals surface area (Å²) in [4.78, 5) is 19.5. The maximum atomic E-state index is 12.8. The number of esters is 1. The number of carbonyl (C=O) groups excluding carboxylic acids is 1. The highest BCUT2D eigenvalue weighted by atomic mass is 35.5. The van der Waals surface area contributed by atoms with Crippen molar-refractivity contribution in [2.24, 2.45) is 5.10 Å². The zero-order valence-electron chi connectivity index (χ0n) is 12.7. The maximum Gasteiger partial charge on any atom is 0.316 e. The highest BCUT2D eigenvalue weighted by molar-refractivity contribution is 7.99. The Morgan fingerprint density at radius 3 is 2.88 bits per heavy atom. The van der Waals surface area contributed by atoms with Crippen molar-refractivity contribution >= 4 is 41.4 Å². The molecule has 9 heteroatoms. The summed E-state index contributed by atoms with van der Waals surface area (Å²) in [5.41, 5.74) is 3.44. The minimum atomic E-state index is -0.352. The quantitative estimate of drug-likeness (QED) is 0.202. The average molecular weight is 369 g/mol. The van der Waals surface area contributed by atoms with E-state index in [0.717, 1.165) is 17.3 Å². The van der Waals surface area contributed by atoms with Crippen LogP contribution in [-0.2, 0) is 9.53 Å². The monoisotopic (exact) mass is 368 g/mol. The van der Waals surface area contributed by atoms with E-state index >= 15 is 0 Å².